The van der Waals surface area contributed by atoms with E-state index in [1.54, 1.807) is 37.4 Å². The molecule has 8 heterocycles. The Kier molecular flexibility index (Phi) is 23.5. The Labute approximate surface area is 755 Å². The van der Waals surface area contributed by atoms with Gasteiger partial charge in [0.15, 0.2) is 6.23 Å². The highest BCUT2D eigenvalue weighted by Gasteiger charge is 2.46. The molecule has 0 saturated carbocycles. The van der Waals surface area contributed by atoms with E-state index in [1.807, 2.05) is 71.2 Å². The third kappa shape index (κ3) is 13.4. The van der Waals surface area contributed by atoms with Gasteiger partial charge in [-0.05, 0) is 220 Å². The van der Waals surface area contributed by atoms with Crippen LogP contribution in [0, 0.1) is 11.8 Å². The number of amides is 7. The predicted molar refractivity (Wildman–Crippen MR) is 528 cm³/mol. The van der Waals surface area contributed by atoms with Crippen LogP contribution in [0.2, 0.25) is 0 Å². The van der Waals surface area contributed by atoms with Gasteiger partial charge >= 0.3 is 0 Å². The Bertz CT molecular complexity index is 6790. The molecule has 0 spiro atoms. The van der Waals surface area contributed by atoms with Crippen LogP contribution in [0.1, 0.15) is 331 Å². The van der Waals surface area contributed by atoms with Crippen molar-refractivity contribution in [3.63, 3.8) is 0 Å². The second kappa shape index (κ2) is 34.7. The van der Waals surface area contributed by atoms with Crippen molar-refractivity contribution >= 4 is 193 Å². The van der Waals surface area contributed by atoms with E-state index in [2.05, 4.69) is 156 Å². The molecule has 4 aliphatic rings. The third-order valence-electron chi connectivity index (χ3n) is 29.1. The first kappa shape index (κ1) is 85.6. The smallest absolute Gasteiger partial charge is 0.262 e. The molecule has 15 aromatic rings. The molecule has 3 atom stereocenters. The van der Waals surface area contributed by atoms with Gasteiger partial charge in [0.25, 0.3) is 41.4 Å². The second-order valence-corrected chi connectivity index (χ2v) is 41.3. The average Bonchev–Trinajstić information content (AvgIpc) is 0.727. The van der Waals surface area contributed by atoms with Crippen LogP contribution in [0.3, 0.4) is 0 Å². The minimum atomic E-state index is -1.17. The molecule has 12 nitrogen and oxygen atoms in total. The summed E-state index contributed by atoms with van der Waals surface area (Å²) in [4.78, 5) is 125. The Morgan fingerprint density at radius 1 is 0.278 bits per heavy atom. The quantitative estimate of drug-likeness (QED) is 0.0231. The molecule has 0 saturated heterocycles. The molecule has 1 N–H and O–H groups in total. The largest absolute Gasteiger partial charge is 0.369 e. The van der Waals surface area contributed by atoms with Crippen LogP contribution < -0.4 is 0 Å². The summed E-state index contributed by atoms with van der Waals surface area (Å²) in [7, 11) is 0. The van der Waals surface area contributed by atoms with E-state index in [-0.39, 0.29) is 65.5 Å². The number of carbonyl (C=O) groups is 7. The first-order valence-corrected chi connectivity index (χ1v) is 51.0. The van der Waals surface area contributed by atoms with Crippen molar-refractivity contribution < 1.29 is 38.7 Å². The minimum absolute atomic E-state index is 0.147. The van der Waals surface area contributed by atoms with Gasteiger partial charge in [-0.3, -0.25) is 48.3 Å². The normalized spacial score (nSPS) is 15.6. The summed E-state index contributed by atoms with van der Waals surface area (Å²) >= 11 is 7.11. The number of thiophene rings is 4. The number of aliphatic hydroxyl groups excluding tert-OH is 1. The highest BCUT2D eigenvalue weighted by atomic mass is 32.1. The number of benzene rings is 11. The number of unbranched alkanes of at least 4 members (excludes halogenated alkanes) is 2. The molecule has 4 aromatic heterocycles. The standard InChI is InChI=1S/C110H116N4O8S4/c1-13-25-35-59(23-11)53-65-37-51-85(123-65)95-83-57-87(81-55-79-71-43-47-75-93-73(103(115)111(105(75)117)61(27-15-3)28-16-4)45-39-67(89(71)93)69-41-49-77-97(91(69)79)99(81)109(121)113(107(77)119)63(31-19-7)32-20-8)126-102(83)96(86-52-38-66(124-86)54-60(24-12)36-26-14-2)84-58-88(125-101(84)95)82-56-80-72-44-48-76-94-74(104(116)112(106(76)118)62(29-17-5)30-18-6)46-40-68(90(72)94)70-42-50-78-98(92(70)80)100(82)110(122)114(108(78)120)64(33-21-9)34-22-10/h37-52,55-64,103,115H,13-36,53-54H2,1-12H3. The van der Waals surface area contributed by atoms with Gasteiger partial charge in [-0.2, -0.15) is 0 Å². The molecule has 19 rings (SSSR count). The molecule has 126 heavy (non-hydrogen) atoms. The zero-order chi connectivity index (χ0) is 87.7. The Morgan fingerprint density at radius 2 is 0.603 bits per heavy atom. The van der Waals surface area contributed by atoms with Gasteiger partial charge in [0.2, 0.25) is 0 Å². The number of imide groups is 3. The SMILES string of the molecule is CCCCC(CC)Cc1ccc(-c2c3cc(-c4cc5c6ccc7c8c(ccc(c9ccc%10c(c4C(=O)N(C(CCC)CCC)C%10=O)c95)c86)C(O)N(C(CCC)CCC)C7=O)sc3c(-c3ccc(CC(CC)CCCC)s3)c3cc(-c4cc5c6ccc7c8c(ccc(c9ccc%10c(c4C(=O)N(C(CCC)CCC)C%10=O)c95)c86)C(=O)N(C(CCC)CCC)C7=O)sc23)s1. The van der Waals surface area contributed by atoms with Crippen molar-refractivity contribution in [1.82, 2.24) is 19.6 Å². The lowest BCUT2D eigenvalue weighted by Gasteiger charge is -2.40. The zero-order valence-corrected chi connectivity index (χ0v) is 78.5. The topological polar surface area (TPSA) is 153 Å². The molecule has 0 bridgehead atoms. The van der Waals surface area contributed by atoms with Crippen LogP contribution in [0.15, 0.2) is 121 Å². The van der Waals surface area contributed by atoms with E-state index in [0.717, 1.165) is 260 Å². The van der Waals surface area contributed by atoms with Gasteiger partial charge in [-0.25, -0.2) is 0 Å². The van der Waals surface area contributed by atoms with E-state index >= 15 is 33.6 Å². The highest BCUT2D eigenvalue weighted by molar-refractivity contribution is 7.26. The number of fused-ring (bicyclic) bond motifs is 6. The van der Waals surface area contributed by atoms with Gasteiger partial charge in [0, 0.05) is 151 Å². The summed E-state index contributed by atoms with van der Waals surface area (Å²) in [6.07, 6.45) is 21.8. The molecule has 0 radical (unpaired) electrons. The van der Waals surface area contributed by atoms with Crippen molar-refractivity contribution in [3.05, 3.63) is 176 Å². The molecule has 11 aromatic carbocycles. The second-order valence-electron chi connectivity index (χ2n) is 36.9. The molecule has 4 aliphatic heterocycles. The summed E-state index contributed by atoms with van der Waals surface area (Å²) in [5.74, 6) is -0.939. The van der Waals surface area contributed by atoms with Gasteiger partial charge in [0.1, 0.15) is 0 Å². The Balaban J connectivity index is 0.925. The number of nitrogens with zero attached hydrogens (tertiary/aromatic N) is 4. The van der Waals surface area contributed by atoms with Crippen LogP contribution >= 0.6 is 45.3 Å². The van der Waals surface area contributed by atoms with Crippen molar-refractivity contribution in [2.75, 3.05) is 0 Å². The van der Waals surface area contributed by atoms with Crippen LogP contribution in [0.4, 0.5) is 0 Å². The van der Waals surface area contributed by atoms with Crippen LogP contribution in [0.5, 0.6) is 0 Å². The molecule has 3 unspecified atom stereocenters. The van der Waals surface area contributed by atoms with Gasteiger partial charge in [-0.1, -0.05) is 228 Å². The lowest BCUT2D eigenvalue weighted by Crippen LogP contribution is -2.47. The predicted octanol–water partition coefficient (Wildman–Crippen LogP) is 30.6. The fraction of sp³-hybridized carbons (Fsp3) is 0.409. The summed E-state index contributed by atoms with van der Waals surface area (Å²) in [6.45, 7) is 26.2. The summed E-state index contributed by atoms with van der Waals surface area (Å²) in [6, 6.07) is 41.5. The van der Waals surface area contributed by atoms with Crippen molar-refractivity contribution in [1.29, 1.82) is 0 Å². The summed E-state index contributed by atoms with van der Waals surface area (Å²) < 4.78 is 2.09. The van der Waals surface area contributed by atoms with E-state index in [1.165, 1.54) is 14.7 Å². The van der Waals surface area contributed by atoms with Crippen molar-refractivity contribution in [3.8, 4) is 41.8 Å². The van der Waals surface area contributed by atoms with Crippen LogP contribution in [0.25, 0.3) is 148 Å². The maximum absolute atomic E-state index is 16.8. The monoisotopic (exact) mass is 1750 g/mol. The summed E-state index contributed by atoms with van der Waals surface area (Å²) in [5, 5.41) is 27.6. The van der Waals surface area contributed by atoms with Gasteiger partial charge in [0.05, 0.1) is 11.1 Å². The van der Waals surface area contributed by atoms with E-state index in [9.17, 15) is 5.11 Å². The molecule has 16 heteroatoms. The first-order valence-electron chi connectivity index (χ1n) is 47.7. The lowest BCUT2D eigenvalue weighted by molar-refractivity contribution is -0.0193. The minimum Gasteiger partial charge on any atom is -0.369 e. The number of hydrogen-bond donors (Lipinski definition) is 1. The van der Waals surface area contributed by atoms with Gasteiger partial charge < -0.3 is 10.0 Å². The highest BCUT2D eigenvalue weighted by Crippen LogP contribution is 2.59. The first-order chi connectivity index (χ1) is 61.4. The average molecular weight is 1750 g/mol. The number of hydrogen-bond acceptors (Lipinski definition) is 12. The van der Waals surface area contributed by atoms with Crippen LogP contribution in [-0.2, 0) is 12.8 Å². The molecule has 0 fully saturated rings. The molecule has 7 amide bonds. The zero-order valence-electron chi connectivity index (χ0n) is 75.2. The van der Waals surface area contributed by atoms with Crippen LogP contribution in [-0.4, -0.2) is 90.2 Å². The van der Waals surface area contributed by atoms with E-state index < -0.39 is 6.23 Å². The summed E-state index contributed by atoms with van der Waals surface area (Å²) in [5.41, 5.74) is 7.79. The molecule has 648 valence electrons. The fourth-order valence-corrected chi connectivity index (χ4v) is 28.2. The molecular formula is C110H116N4O8S4. The number of carbonyl (C=O) groups excluding carboxylic acids is 7. The third-order valence-corrected chi connectivity index (χ3v) is 33.7. The van der Waals surface area contributed by atoms with E-state index in [4.69, 9.17) is 0 Å². The molecular weight excluding hydrogens is 1630 g/mol. The Morgan fingerprint density at radius 3 is 0.968 bits per heavy atom. The fourth-order valence-electron chi connectivity index (χ4n) is 23.2. The maximum atomic E-state index is 16.8. The Hall–Kier alpha value is -9.81. The lowest BCUT2D eigenvalue weighted by atomic mass is 9.80. The molecule has 0 aliphatic carbocycles. The number of aliphatic hydroxyl groups is 1. The van der Waals surface area contributed by atoms with Gasteiger partial charge in [-0.15, -0.1) is 45.3 Å². The number of rotatable bonds is 36. The van der Waals surface area contributed by atoms with Crippen molar-refractivity contribution in [2.24, 2.45) is 11.8 Å². The van der Waals surface area contributed by atoms with Crippen molar-refractivity contribution in [2.45, 2.75) is 280 Å². The maximum Gasteiger partial charge on any atom is 0.262 e. The van der Waals surface area contributed by atoms with E-state index in [0.29, 0.717) is 111 Å².